The van der Waals surface area contributed by atoms with Crippen LogP contribution in [0.5, 0.6) is 5.75 Å². The topological polar surface area (TPSA) is 54.3 Å². The summed E-state index contributed by atoms with van der Waals surface area (Å²) in [5.74, 6) is 0.0931. The van der Waals surface area contributed by atoms with Gasteiger partial charge < -0.3 is 15.0 Å². The molecule has 4 rings (SSSR count). The van der Waals surface area contributed by atoms with Crippen molar-refractivity contribution in [2.45, 2.75) is 25.8 Å². The molecule has 1 heterocycles. The standard InChI is InChI=1S/C28H28N2O2/c31-25-15-12-23(13-16-25)14-17-28(32)29-19-18-24-21-30(27-11-5-4-10-26(24)27)20-6-9-22-7-2-1-3-8-22/h1-5,7-8,10-17,21,31H,6,9,18-20H2,(H,29,32)/b17-14+. The van der Waals surface area contributed by atoms with Crippen LogP contribution in [0.4, 0.5) is 0 Å². The molecule has 0 radical (unpaired) electrons. The van der Waals surface area contributed by atoms with Crippen molar-refractivity contribution in [3.8, 4) is 5.75 Å². The number of aromatic nitrogens is 1. The lowest BCUT2D eigenvalue weighted by Crippen LogP contribution is -2.23. The molecule has 0 spiro atoms. The first-order valence-corrected chi connectivity index (χ1v) is 11.0. The van der Waals surface area contributed by atoms with Crippen molar-refractivity contribution in [2.24, 2.45) is 0 Å². The Balaban J connectivity index is 1.33. The molecule has 0 saturated heterocycles. The monoisotopic (exact) mass is 424 g/mol. The molecule has 3 aromatic carbocycles. The first kappa shape index (κ1) is 21.4. The van der Waals surface area contributed by atoms with Crippen LogP contribution < -0.4 is 5.32 Å². The van der Waals surface area contributed by atoms with Gasteiger partial charge in [0.1, 0.15) is 5.75 Å². The molecule has 0 aliphatic rings. The number of hydrogen-bond donors (Lipinski definition) is 2. The summed E-state index contributed by atoms with van der Waals surface area (Å²) in [6.45, 7) is 1.55. The van der Waals surface area contributed by atoms with Gasteiger partial charge in [0, 0.05) is 36.3 Å². The van der Waals surface area contributed by atoms with Crippen molar-refractivity contribution in [3.05, 3.63) is 108 Å². The summed E-state index contributed by atoms with van der Waals surface area (Å²) in [5.41, 5.74) is 4.74. The Bertz CT molecular complexity index is 1190. The molecular formula is C28H28N2O2. The van der Waals surface area contributed by atoms with Crippen molar-refractivity contribution in [1.82, 2.24) is 9.88 Å². The first-order chi connectivity index (χ1) is 15.7. The molecule has 0 bridgehead atoms. The maximum atomic E-state index is 12.2. The largest absolute Gasteiger partial charge is 0.508 e. The second-order valence-electron chi connectivity index (χ2n) is 7.92. The van der Waals surface area contributed by atoms with E-state index in [2.05, 4.69) is 70.7 Å². The summed E-state index contributed by atoms with van der Waals surface area (Å²) in [6, 6.07) is 25.8. The summed E-state index contributed by atoms with van der Waals surface area (Å²) in [4.78, 5) is 12.2. The second kappa shape index (κ2) is 10.5. The molecular weight excluding hydrogens is 396 g/mol. The molecule has 32 heavy (non-hydrogen) atoms. The number of fused-ring (bicyclic) bond motifs is 1. The van der Waals surface area contributed by atoms with Crippen molar-refractivity contribution in [2.75, 3.05) is 6.54 Å². The van der Waals surface area contributed by atoms with Gasteiger partial charge in [0.25, 0.3) is 0 Å². The van der Waals surface area contributed by atoms with E-state index in [4.69, 9.17) is 0 Å². The smallest absolute Gasteiger partial charge is 0.244 e. The van der Waals surface area contributed by atoms with Crippen molar-refractivity contribution in [1.29, 1.82) is 0 Å². The van der Waals surface area contributed by atoms with E-state index < -0.39 is 0 Å². The number of hydrogen-bond acceptors (Lipinski definition) is 2. The zero-order valence-corrected chi connectivity index (χ0v) is 18.1. The third kappa shape index (κ3) is 5.67. The Morgan fingerprint density at radius 1 is 0.906 bits per heavy atom. The number of nitrogens with one attached hydrogen (secondary N) is 1. The van der Waals surface area contributed by atoms with Crippen LogP contribution in [0.25, 0.3) is 17.0 Å². The fraction of sp³-hybridized carbons (Fsp3) is 0.179. The van der Waals surface area contributed by atoms with Gasteiger partial charge in [0.15, 0.2) is 0 Å². The minimum absolute atomic E-state index is 0.121. The van der Waals surface area contributed by atoms with Gasteiger partial charge in [-0.05, 0) is 60.2 Å². The predicted octanol–water partition coefficient (Wildman–Crippen LogP) is 5.35. The SMILES string of the molecule is O=C(/C=C/c1ccc(O)cc1)NCCc1cn(CCCc2ccccc2)c2ccccc12. The van der Waals surface area contributed by atoms with Crippen LogP contribution in [0.3, 0.4) is 0 Å². The molecule has 0 unspecified atom stereocenters. The van der Waals surface area contributed by atoms with Gasteiger partial charge in [-0.2, -0.15) is 0 Å². The number of amides is 1. The molecule has 0 saturated carbocycles. The van der Waals surface area contributed by atoms with Gasteiger partial charge in [0.2, 0.25) is 5.91 Å². The maximum Gasteiger partial charge on any atom is 0.244 e. The fourth-order valence-corrected chi connectivity index (χ4v) is 3.94. The fourth-order valence-electron chi connectivity index (χ4n) is 3.94. The number of nitrogens with zero attached hydrogens (tertiary/aromatic N) is 1. The number of carbonyl (C=O) groups is 1. The predicted molar refractivity (Wildman–Crippen MR) is 131 cm³/mol. The van der Waals surface area contributed by atoms with E-state index >= 15 is 0 Å². The molecule has 0 atom stereocenters. The summed E-state index contributed by atoms with van der Waals surface area (Å²) >= 11 is 0. The maximum absolute atomic E-state index is 12.2. The number of aryl methyl sites for hydroxylation is 2. The van der Waals surface area contributed by atoms with E-state index in [9.17, 15) is 9.90 Å². The number of para-hydroxylation sites is 1. The molecule has 4 nitrogen and oxygen atoms in total. The van der Waals surface area contributed by atoms with Gasteiger partial charge in [-0.1, -0.05) is 60.7 Å². The van der Waals surface area contributed by atoms with E-state index in [0.29, 0.717) is 6.54 Å². The van der Waals surface area contributed by atoms with Crippen LogP contribution >= 0.6 is 0 Å². The average molecular weight is 425 g/mol. The molecule has 1 aromatic heterocycles. The lowest BCUT2D eigenvalue weighted by Gasteiger charge is -2.05. The molecule has 162 valence electrons. The first-order valence-electron chi connectivity index (χ1n) is 11.0. The molecule has 4 heteroatoms. The van der Waals surface area contributed by atoms with Crippen molar-refractivity contribution >= 4 is 22.9 Å². The normalized spacial score (nSPS) is 11.2. The zero-order chi connectivity index (χ0) is 22.2. The minimum atomic E-state index is -0.121. The van der Waals surface area contributed by atoms with Gasteiger partial charge >= 0.3 is 0 Å². The minimum Gasteiger partial charge on any atom is -0.508 e. The quantitative estimate of drug-likeness (QED) is 0.356. The Labute approximate surface area is 188 Å². The van der Waals surface area contributed by atoms with Crippen LogP contribution in [0.1, 0.15) is 23.1 Å². The Kier molecular flexibility index (Phi) is 7.03. The van der Waals surface area contributed by atoms with Gasteiger partial charge in [-0.15, -0.1) is 0 Å². The van der Waals surface area contributed by atoms with E-state index in [1.54, 1.807) is 30.3 Å². The highest BCUT2D eigenvalue weighted by Crippen LogP contribution is 2.22. The van der Waals surface area contributed by atoms with Crippen LogP contribution in [-0.2, 0) is 24.2 Å². The summed E-state index contributed by atoms with van der Waals surface area (Å²) in [5, 5.41) is 13.5. The van der Waals surface area contributed by atoms with E-state index in [1.165, 1.54) is 28.1 Å². The average Bonchev–Trinajstić information content (AvgIpc) is 3.17. The van der Waals surface area contributed by atoms with Crippen LogP contribution in [-0.4, -0.2) is 22.1 Å². The van der Waals surface area contributed by atoms with Crippen LogP contribution in [0.15, 0.2) is 91.1 Å². The Morgan fingerprint density at radius 2 is 1.66 bits per heavy atom. The highest BCUT2D eigenvalue weighted by molar-refractivity contribution is 5.91. The number of rotatable bonds is 9. The molecule has 0 fully saturated rings. The third-order valence-corrected chi connectivity index (χ3v) is 5.59. The Morgan fingerprint density at radius 3 is 2.47 bits per heavy atom. The number of benzene rings is 3. The number of aromatic hydroxyl groups is 1. The number of phenolic OH excluding ortho intramolecular Hbond substituents is 1. The summed E-state index contributed by atoms with van der Waals surface area (Å²) in [7, 11) is 0. The van der Waals surface area contributed by atoms with Gasteiger partial charge in [-0.25, -0.2) is 0 Å². The molecule has 4 aromatic rings. The van der Waals surface area contributed by atoms with E-state index in [1.807, 2.05) is 0 Å². The number of carbonyl (C=O) groups excluding carboxylic acids is 1. The van der Waals surface area contributed by atoms with E-state index in [0.717, 1.165) is 31.4 Å². The van der Waals surface area contributed by atoms with Gasteiger partial charge in [0.05, 0.1) is 0 Å². The molecule has 0 aliphatic carbocycles. The van der Waals surface area contributed by atoms with Crippen LogP contribution in [0, 0.1) is 0 Å². The Hall–Kier alpha value is -3.79. The van der Waals surface area contributed by atoms with E-state index in [-0.39, 0.29) is 11.7 Å². The lowest BCUT2D eigenvalue weighted by molar-refractivity contribution is -0.116. The van der Waals surface area contributed by atoms with Crippen LogP contribution in [0.2, 0.25) is 0 Å². The lowest BCUT2D eigenvalue weighted by atomic mass is 10.1. The highest BCUT2D eigenvalue weighted by atomic mass is 16.3. The van der Waals surface area contributed by atoms with Gasteiger partial charge in [-0.3, -0.25) is 4.79 Å². The number of phenols is 1. The molecule has 0 aliphatic heterocycles. The molecule has 2 N–H and O–H groups in total. The third-order valence-electron chi connectivity index (χ3n) is 5.59. The second-order valence-corrected chi connectivity index (χ2v) is 7.92. The highest BCUT2D eigenvalue weighted by Gasteiger charge is 2.08. The summed E-state index contributed by atoms with van der Waals surface area (Å²) in [6.07, 6.45) is 8.43. The summed E-state index contributed by atoms with van der Waals surface area (Å²) < 4.78 is 2.33. The van der Waals surface area contributed by atoms with Crippen molar-refractivity contribution < 1.29 is 9.90 Å². The van der Waals surface area contributed by atoms with Crippen molar-refractivity contribution in [3.63, 3.8) is 0 Å². The zero-order valence-electron chi connectivity index (χ0n) is 18.1. The molecule has 1 amide bonds.